The van der Waals surface area contributed by atoms with Crippen LogP contribution in [0.4, 0.5) is 0 Å². The van der Waals surface area contributed by atoms with Crippen molar-refractivity contribution < 1.29 is 49.3 Å². The van der Waals surface area contributed by atoms with Crippen molar-refractivity contribution in [2.45, 2.75) is 423 Å². The maximum atomic E-state index is 13.0. The van der Waals surface area contributed by atoms with Crippen LogP contribution in [-0.2, 0) is 23.8 Å². The maximum Gasteiger partial charge on any atom is 0.305 e. The van der Waals surface area contributed by atoms with E-state index in [0.29, 0.717) is 19.4 Å². The lowest BCUT2D eigenvalue weighted by Crippen LogP contribution is -2.60. The van der Waals surface area contributed by atoms with Gasteiger partial charge in [0.25, 0.3) is 0 Å². The third-order valence-corrected chi connectivity index (χ3v) is 18.2. The van der Waals surface area contributed by atoms with E-state index in [-0.39, 0.29) is 18.5 Å². The molecule has 7 atom stereocenters. The molecule has 1 aliphatic heterocycles. The minimum absolute atomic E-state index is 0.0141. The molecule has 0 bridgehead atoms. The van der Waals surface area contributed by atoms with Gasteiger partial charge in [0, 0.05) is 12.8 Å². The zero-order valence-electron chi connectivity index (χ0n) is 57.7. The van der Waals surface area contributed by atoms with Crippen molar-refractivity contribution in [1.82, 2.24) is 5.32 Å². The van der Waals surface area contributed by atoms with Crippen LogP contribution in [0.3, 0.4) is 0 Å². The predicted octanol–water partition coefficient (Wildman–Crippen LogP) is 20.1. The highest BCUT2D eigenvalue weighted by molar-refractivity contribution is 5.76. The number of aliphatic hydroxyl groups is 5. The molecule has 1 fully saturated rings. The Bertz CT molecular complexity index is 1560. The van der Waals surface area contributed by atoms with Crippen LogP contribution in [0.1, 0.15) is 380 Å². The zero-order chi connectivity index (χ0) is 63.7. The molecule has 11 nitrogen and oxygen atoms in total. The van der Waals surface area contributed by atoms with Crippen LogP contribution in [0, 0.1) is 0 Å². The van der Waals surface area contributed by atoms with Gasteiger partial charge in [-0.15, -0.1) is 0 Å². The standard InChI is InChI=1S/C77H145NO10/c1-3-5-7-9-11-13-14-15-16-39-42-45-49-53-57-61-65-73(82)86-66-62-58-54-50-46-43-40-37-35-33-31-29-27-25-23-21-19-17-18-20-22-24-26-28-30-32-34-36-38-41-44-48-52-56-60-64-72(81)78-69(70(80)63-59-55-51-47-12-10-8-6-4-2)68-87-77-76(85)75(84)74(83)71(67-79)88-77/h19,21,25,27,59,63,69-71,74-77,79-80,83-85H,3-18,20,22-24,26,28-58,60-62,64-68H2,1-2H3,(H,78,81)/b21-19-,27-25-,63-59+. The van der Waals surface area contributed by atoms with Gasteiger partial charge in [-0.25, -0.2) is 0 Å². The SMILES string of the molecule is CCCCCCCCC/C=C/C(O)C(COC1OC(CO)C(O)C(O)C1O)NC(=O)CCCCCCCCCCCCCCCCCCC/C=C\C/C=C\CCCCCCCCCCCCCOC(=O)CCCCCCCCCCCCCCCCCC. The van der Waals surface area contributed by atoms with Gasteiger partial charge in [0.1, 0.15) is 24.4 Å². The first-order valence-corrected chi connectivity index (χ1v) is 38.3. The zero-order valence-corrected chi connectivity index (χ0v) is 57.7. The van der Waals surface area contributed by atoms with Crippen LogP contribution in [0.2, 0.25) is 0 Å². The monoisotopic (exact) mass is 1240 g/mol. The van der Waals surface area contributed by atoms with Gasteiger partial charge in [0.15, 0.2) is 6.29 Å². The summed E-state index contributed by atoms with van der Waals surface area (Å²) in [6.07, 6.45) is 76.1. The molecule has 0 aliphatic carbocycles. The predicted molar refractivity (Wildman–Crippen MR) is 371 cm³/mol. The fraction of sp³-hybridized carbons (Fsp3) is 0.896. The first kappa shape index (κ1) is 83.9. The van der Waals surface area contributed by atoms with Crippen molar-refractivity contribution in [1.29, 1.82) is 0 Å². The van der Waals surface area contributed by atoms with Crippen molar-refractivity contribution in [3.63, 3.8) is 0 Å². The summed E-state index contributed by atoms with van der Waals surface area (Å²) in [4.78, 5) is 25.1. The number of allylic oxidation sites excluding steroid dienone is 5. The maximum absolute atomic E-state index is 13.0. The van der Waals surface area contributed by atoms with Crippen LogP contribution in [-0.4, -0.2) is 100 Å². The highest BCUT2D eigenvalue weighted by atomic mass is 16.7. The molecular formula is C77H145NO10. The summed E-state index contributed by atoms with van der Waals surface area (Å²) < 4.78 is 16.7. The van der Waals surface area contributed by atoms with E-state index in [9.17, 15) is 35.1 Å². The van der Waals surface area contributed by atoms with Gasteiger partial charge in [-0.05, 0) is 64.2 Å². The summed E-state index contributed by atoms with van der Waals surface area (Å²) in [6, 6.07) is -0.807. The normalized spacial score (nSPS) is 17.9. The van der Waals surface area contributed by atoms with E-state index in [1.165, 1.54) is 295 Å². The Morgan fingerprint density at radius 1 is 0.420 bits per heavy atom. The Labute approximate surface area is 543 Å². The number of amides is 1. The number of nitrogens with one attached hydrogen (secondary N) is 1. The molecule has 0 aromatic heterocycles. The minimum Gasteiger partial charge on any atom is -0.466 e. The lowest BCUT2D eigenvalue weighted by Gasteiger charge is -2.40. The molecule has 518 valence electrons. The summed E-state index contributed by atoms with van der Waals surface area (Å²) >= 11 is 0. The molecule has 0 radical (unpaired) electrons. The molecule has 1 heterocycles. The van der Waals surface area contributed by atoms with E-state index >= 15 is 0 Å². The van der Waals surface area contributed by atoms with E-state index in [2.05, 4.69) is 43.5 Å². The summed E-state index contributed by atoms with van der Waals surface area (Å²) in [6.45, 7) is 4.36. The number of carbonyl (C=O) groups is 2. The van der Waals surface area contributed by atoms with Crippen molar-refractivity contribution in [2.75, 3.05) is 19.8 Å². The number of esters is 1. The highest BCUT2D eigenvalue weighted by Crippen LogP contribution is 2.24. The second kappa shape index (κ2) is 66.3. The quantitative estimate of drug-likeness (QED) is 0.0195. The van der Waals surface area contributed by atoms with Crippen LogP contribution >= 0.6 is 0 Å². The first-order valence-electron chi connectivity index (χ1n) is 38.3. The number of rotatable bonds is 68. The van der Waals surface area contributed by atoms with Gasteiger partial charge in [-0.3, -0.25) is 9.59 Å². The van der Waals surface area contributed by atoms with Crippen LogP contribution < -0.4 is 5.32 Å². The fourth-order valence-electron chi connectivity index (χ4n) is 12.2. The van der Waals surface area contributed by atoms with Crippen molar-refractivity contribution >= 4 is 11.9 Å². The van der Waals surface area contributed by atoms with Gasteiger partial charge in [-0.1, -0.05) is 339 Å². The molecule has 7 unspecified atom stereocenters. The average molecular weight is 1250 g/mol. The van der Waals surface area contributed by atoms with E-state index in [0.717, 1.165) is 57.8 Å². The topological polar surface area (TPSA) is 175 Å². The van der Waals surface area contributed by atoms with E-state index in [4.69, 9.17) is 14.2 Å². The number of unbranched alkanes of at least 4 members (excludes halogenated alkanes) is 50. The second-order valence-corrected chi connectivity index (χ2v) is 26.7. The van der Waals surface area contributed by atoms with Gasteiger partial charge in [0.2, 0.25) is 5.91 Å². The Balaban J connectivity index is 1.88. The van der Waals surface area contributed by atoms with Gasteiger partial charge in [-0.2, -0.15) is 0 Å². The third-order valence-electron chi connectivity index (χ3n) is 18.2. The summed E-state index contributed by atoms with van der Waals surface area (Å²) in [5.41, 5.74) is 0. The van der Waals surface area contributed by atoms with Gasteiger partial charge < -0.3 is 45.1 Å². The Hall–Kier alpha value is -2.12. The lowest BCUT2D eigenvalue weighted by atomic mass is 9.99. The van der Waals surface area contributed by atoms with Gasteiger partial charge in [0.05, 0.1) is 32.0 Å². The molecule has 11 heteroatoms. The molecule has 1 amide bonds. The third kappa shape index (κ3) is 54.4. The molecule has 88 heavy (non-hydrogen) atoms. The molecular weight excluding hydrogens is 1100 g/mol. The molecule has 0 aromatic rings. The van der Waals surface area contributed by atoms with E-state index < -0.39 is 49.5 Å². The number of aliphatic hydroxyl groups excluding tert-OH is 5. The van der Waals surface area contributed by atoms with Crippen LogP contribution in [0.25, 0.3) is 0 Å². The molecule has 1 aliphatic rings. The molecule has 1 saturated heterocycles. The Morgan fingerprint density at radius 2 is 0.761 bits per heavy atom. The van der Waals surface area contributed by atoms with Crippen molar-refractivity contribution in [3.8, 4) is 0 Å². The minimum atomic E-state index is -1.57. The summed E-state index contributed by atoms with van der Waals surface area (Å²) in [7, 11) is 0. The second-order valence-electron chi connectivity index (χ2n) is 26.7. The molecule has 6 N–H and O–H groups in total. The number of ether oxygens (including phenoxy) is 3. The smallest absolute Gasteiger partial charge is 0.305 e. The van der Waals surface area contributed by atoms with Crippen molar-refractivity contribution in [2.24, 2.45) is 0 Å². The van der Waals surface area contributed by atoms with Crippen LogP contribution in [0.15, 0.2) is 36.5 Å². The molecule has 0 aromatic carbocycles. The number of hydrogen-bond donors (Lipinski definition) is 6. The Kier molecular flexibility index (Phi) is 63.2. The van der Waals surface area contributed by atoms with Crippen molar-refractivity contribution in [3.05, 3.63) is 36.5 Å². The molecule has 0 spiro atoms. The molecule has 1 rings (SSSR count). The van der Waals surface area contributed by atoms with Crippen LogP contribution in [0.5, 0.6) is 0 Å². The number of hydrogen-bond acceptors (Lipinski definition) is 10. The first-order chi connectivity index (χ1) is 43.2. The Morgan fingerprint density at radius 3 is 1.15 bits per heavy atom. The largest absolute Gasteiger partial charge is 0.466 e. The summed E-state index contributed by atoms with van der Waals surface area (Å²) in [5, 5.41) is 54.3. The molecule has 0 saturated carbocycles. The van der Waals surface area contributed by atoms with E-state index in [1.807, 2.05) is 6.08 Å². The fourth-order valence-corrected chi connectivity index (χ4v) is 12.2. The highest BCUT2D eigenvalue weighted by Gasteiger charge is 2.44. The van der Waals surface area contributed by atoms with E-state index in [1.54, 1.807) is 6.08 Å². The average Bonchev–Trinajstić information content (AvgIpc) is 3.48. The lowest BCUT2D eigenvalue weighted by molar-refractivity contribution is -0.302. The summed E-state index contributed by atoms with van der Waals surface area (Å²) in [5.74, 6) is -0.166. The number of carbonyl (C=O) groups excluding carboxylic acids is 2. The van der Waals surface area contributed by atoms with Gasteiger partial charge >= 0.3 is 5.97 Å².